The Balaban J connectivity index is 2.54. The van der Waals surface area contributed by atoms with Crippen LogP contribution in [0.25, 0.3) is 0 Å². The Labute approximate surface area is 38.8 Å². The Hall–Kier alpha value is 0.558. The summed E-state index contributed by atoms with van der Waals surface area (Å²) >= 11 is -0.312. The zero-order valence-corrected chi connectivity index (χ0v) is 5.74. The first-order valence-electron chi connectivity index (χ1n) is 1.71. The Morgan fingerprint density at radius 2 is 1.80 bits per heavy atom. The summed E-state index contributed by atoms with van der Waals surface area (Å²) in [7, 11) is 0. The standard InChI is InChI=1S/C4H10As/c1-4-5(2)3/h1,4H2,2-3H3. The van der Waals surface area contributed by atoms with Crippen molar-refractivity contribution >= 4 is 14.7 Å². The quantitative estimate of drug-likeness (QED) is 0.476. The van der Waals surface area contributed by atoms with Crippen LogP contribution in [0, 0.1) is 6.92 Å². The van der Waals surface area contributed by atoms with Crippen LogP contribution in [0.1, 0.15) is 0 Å². The summed E-state index contributed by atoms with van der Waals surface area (Å²) in [5.74, 6) is 0. The summed E-state index contributed by atoms with van der Waals surface area (Å²) < 4.78 is 0. The molecule has 0 aliphatic carbocycles. The van der Waals surface area contributed by atoms with Gasteiger partial charge in [0.15, 0.2) is 0 Å². The van der Waals surface area contributed by atoms with Crippen LogP contribution in [0.4, 0.5) is 0 Å². The monoisotopic (exact) mass is 133 g/mol. The van der Waals surface area contributed by atoms with Crippen LogP contribution in [-0.4, -0.2) is 14.7 Å². The van der Waals surface area contributed by atoms with Crippen LogP contribution >= 0.6 is 0 Å². The van der Waals surface area contributed by atoms with E-state index in [1.165, 1.54) is 5.21 Å². The SMILES string of the molecule is [CH2]C[As](C)C. The van der Waals surface area contributed by atoms with Crippen molar-refractivity contribution in [1.82, 2.24) is 0 Å². The van der Waals surface area contributed by atoms with E-state index in [1.807, 2.05) is 0 Å². The minimum absolute atomic E-state index is 0.312. The van der Waals surface area contributed by atoms with E-state index in [1.54, 1.807) is 0 Å². The van der Waals surface area contributed by atoms with Crippen LogP contribution in [0.5, 0.6) is 0 Å². The van der Waals surface area contributed by atoms with Gasteiger partial charge in [0.1, 0.15) is 0 Å². The van der Waals surface area contributed by atoms with Gasteiger partial charge in [0.25, 0.3) is 0 Å². The molecule has 0 nitrogen and oxygen atoms in total. The Kier molecular flexibility index (Phi) is 3.09. The average Bonchev–Trinajstić information content (AvgIpc) is 1.38. The zero-order chi connectivity index (χ0) is 4.28. The van der Waals surface area contributed by atoms with Crippen LogP contribution < -0.4 is 0 Å². The van der Waals surface area contributed by atoms with Gasteiger partial charge in [-0.3, -0.25) is 0 Å². The van der Waals surface area contributed by atoms with Crippen molar-refractivity contribution in [3.8, 4) is 0 Å². The second kappa shape index (κ2) is 2.78. The first kappa shape index (κ1) is 5.56. The first-order chi connectivity index (χ1) is 2.27. The molecule has 31 valence electrons. The van der Waals surface area contributed by atoms with E-state index in [9.17, 15) is 0 Å². The predicted molar refractivity (Wildman–Crippen MR) is 27.6 cm³/mol. The molecule has 0 heterocycles. The summed E-state index contributed by atoms with van der Waals surface area (Å²) in [4.78, 5) is 0. The summed E-state index contributed by atoms with van der Waals surface area (Å²) in [6.45, 7) is 3.75. The molecule has 0 bridgehead atoms. The van der Waals surface area contributed by atoms with Gasteiger partial charge in [0.2, 0.25) is 0 Å². The van der Waals surface area contributed by atoms with Gasteiger partial charge < -0.3 is 0 Å². The third-order valence-electron chi connectivity index (χ3n) is 0.447. The zero-order valence-electron chi connectivity index (χ0n) is 3.86. The van der Waals surface area contributed by atoms with Crippen LogP contribution in [0.15, 0.2) is 0 Å². The van der Waals surface area contributed by atoms with E-state index in [2.05, 4.69) is 18.3 Å². The molecule has 0 rings (SSSR count). The molecule has 5 heavy (non-hydrogen) atoms. The summed E-state index contributed by atoms with van der Waals surface area (Å²) in [6, 6.07) is 0. The fraction of sp³-hybridized carbons (Fsp3) is 0.750. The molecule has 0 spiro atoms. The van der Waals surface area contributed by atoms with Crippen molar-refractivity contribution in [3.63, 3.8) is 0 Å². The van der Waals surface area contributed by atoms with Gasteiger partial charge in [-0.05, 0) is 0 Å². The van der Waals surface area contributed by atoms with Gasteiger partial charge in [-0.2, -0.15) is 0 Å². The maximum atomic E-state index is 3.75. The number of hydrogen-bond donors (Lipinski definition) is 0. The topological polar surface area (TPSA) is 0 Å². The van der Waals surface area contributed by atoms with Crippen molar-refractivity contribution in [1.29, 1.82) is 0 Å². The van der Waals surface area contributed by atoms with E-state index in [-0.39, 0.29) is 14.7 Å². The maximum absolute atomic E-state index is 3.75. The van der Waals surface area contributed by atoms with E-state index < -0.39 is 0 Å². The molecule has 0 unspecified atom stereocenters. The molecule has 0 aromatic rings. The fourth-order valence-electron chi connectivity index (χ4n) is 0. The Bertz CT molecular complexity index is 17.6. The van der Waals surface area contributed by atoms with E-state index in [4.69, 9.17) is 0 Å². The summed E-state index contributed by atoms with van der Waals surface area (Å²) in [6.07, 6.45) is 0. The van der Waals surface area contributed by atoms with Crippen LogP contribution in [0.2, 0.25) is 16.6 Å². The molecule has 0 aromatic carbocycles. The molecule has 0 aliphatic heterocycles. The third-order valence-corrected chi connectivity index (χ3v) is 2.32. The van der Waals surface area contributed by atoms with Crippen molar-refractivity contribution in [2.75, 3.05) is 0 Å². The van der Waals surface area contributed by atoms with Crippen LogP contribution in [-0.2, 0) is 0 Å². The molecule has 1 heteroatoms. The molecule has 0 aliphatic rings. The van der Waals surface area contributed by atoms with Gasteiger partial charge in [-0.25, -0.2) is 0 Å². The molecule has 0 saturated heterocycles. The third kappa shape index (κ3) is 4.56. The summed E-state index contributed by atoms with van der Waals surface area (Å²) in [5.41, 5.74) is 4.61. The van der Waals surface area contributed by atoms with Crippen molar-refractivity contribution in [2.24, 2.45) is 0 Å². The van der Waals surface area contributed by atoms with Crippen LogP contribution in [0.3, 0.4) is 0 Å². The number of hydrogen-bond acceptors (Lipinski definition) is 0. The van der Waals surface area contributed by atoms with Gasteiger partial charge in [-0.1, -0.05) is 0 Å². The van der Waals surface area contributed by atoms with E-state index in [0.717, 1.165) is 0 Å². The van der Waals surface area contributed by atoms with Crippen molar-refractivity contribution in [2.45, 2.75) is 16.6 Å². The second-order valence-corrected chi connectivity index (χ2v) is 6.77. The number of rotatable bonds is 1. The fourth-order valence-corrected chi connectivity index (χ4v) is 0. The van der Waals surface area contributed by atoms with E-state index in [0.29, 0.717) is 0 Å². The molecule has 1 radical (unpaired) electrons. The predicted octanol–water partition coefficient (Wildman–Crippen LogP) is 1.57. The van der Waals surface area contributed by atoms with Gasteiger partial charge in [-0.15, -0.1) is 0 Å². The Morgan fingerprint density at radius 3 is 1.80 bits per heavy atom. The minimum atomic E-state index is -0.312. The molecule has 0 amide bonds. The van der Waals surface area contributed by atoms with Crippen molar-refractivity contribution in [3.05, 3.63) is 6.92 Å². The molecular formula is C4H10As. The molecule has 0 fully saturated rings. The Morgan fingerprint density at radius 1 is 1.60 bits per heavy atom. The first-order valence-corrected chi connectivity index (χ1v) is 6.79. The van der Waals surface area contributed by atoms with E-state index >= 15 is 0 Å². The second-order valence-electron chi connectivity index (χ2n) is 1.30. The van der Waals surface area contributed by atoms with Gasteiger partial charge >= 0.3 is 38.2 Å². The van der Waals surface area contributed by atoms with Gasteiger partial charge in [0.05, 0.1) is 0 Å². The normalized spacial score (nSPS) is 9.60. The average molecular weight is 133 g/mol. The van der Waals surface area contributed by atoms with Crippen molar-refractivity contribution < 1.29 is 0 Å². The molecule has 0 saturated carbocycles. The molecule has 0 atom stereocenters. The molecule has 0 aromatic heterocycles. The molecule has 0 N–H and O–H groups in total. The van der Waals surface area contributed by atoms with Gasteiger partial charge in [0, 0.05) is 0 Å². The molecular weight excluding hydrogens is 123 g/mol. The summed E-state index contributed by atoms with van der Waals surface area (Å²) in [5, 5.41) is 1.20.